The minimum Gasteiger partial charge on any atom is -0.465 e. The number of hydrogen-bond acceptors (Lipinski definition) is 4. The largest absolute Gasteiger partial charge is 0.465 e. The van der Waals surface area contributed by atoms with Gasteiger partial charge in [-0.2, -0.15) is 0 Å². The van der Waals surface area contributed by atoms with Gasteiger partial charge in [-0.25, -0.2) is 4.99 Å². The van der Waals surface area contributed by atoms with Crippen molar-refractivity contribution < 1.29 is 4.42 Å². The third-order valence-electron chi connectivity index (χ3n) is 3.66. The van der Waals surface area contributed by atoms with Crippen LogP contribution in [-0.2, 0) is 0 Å². The van der Waals surface area contributed by atoms with E-state index in [4.69, 9.17) is 15.6 Å². The molecule has 1 aromatic heterocycles. The molecule has 124 valence electrons. The molecule has 0 unspecified atom stereocenters. The highest BCUT2D eigenvalue weighted by Gasteiger charge is 2.17. The van der Waals surface area contributed by atoms with E-state index < -0.39 is 0 Å². The molecule has 1 saturated heterocycles. The Labute approximate surface area is 136 Å². The Morgan fingerprint density at radius 2 is 2.13 bits per heavy atom. The summed E-state index contributed by atoms with van der Waals surface area (Å²) < 4.78 is 5.22. The van der Waals surface area contributed by atoms with Crippen LogP contribution < -0.4 is 5.73 Å². The van der Waals surface area contributed by atoms with E-state index >= 15 is 0 Å². The van der Waals surface area contributed by atoms with Gasteiger partial charge in [-0.15, -0.1) is 0 Å². The van der Waals surface area contributed by atoms with Crippen molar-refractivity contribution in [2.45, 2.75) is 6.42 Å². The molecule has 2 rings (SSSR count). The molecule has 23 heavy (non-hydrogen) atoms. The van der Waals surface area contributed by atoms with Gasteiger partial charge in [-0.05, 0) is 31.3 Å². The highest BCUT2D eigenvalue weighted by molar-refractivity contribution is 6.09. The van der Waals surface area contributed by atoms with Gasteiger partial charge in [0.05, 0.1) is 12.7 Å². The van der Waals surface area contributed by atoms with Gasteiger partial charge in [0.1, 0.15) is 23.3 Å². The predicted octanol–water partition coefficient (Wildman–Crippen LogP) is 1.29. The summed E-state index contributed by atoms with van der Waals surface area (Å²) in [5.74, 6) is 2.12. The number of piperazine rings is 1. The van der Waals surface area contributed by atoms with Gasteiger partial charge in [0.25, 0.3) is 0 Å². The molecule has 0 radical (unpaired) electrons. The topological polar surface area (TPSA) is 94.2 Å². The number of hydrogen-bond donors (Lipinski definition) is 2. The molecule has 2 heterocycles. The van der Waals surface area contributed by atoms with E-state index in [1.165, 1.54) is 0 Å². The number of furan rings is 1. The van der Waals surface area contributed by atoms with Gasteiger partial charge in [0.15, 0.2) is 0 Å². The Morgan fingerprint density at radius 1 is 1.39 bits per heavy atom. The van der Waals surface area contributed by atoms with Crippen molar-refractivity contribution in [3.8, 4) is 0 Å². The fourth-order valence-electron chi connectivity index (χ4n) is 2.25. The molecule has 0 spiro atoms. The summed E-state index contributed by atoms with van der Waals surface area (Å²) in [5, 5.41) is 8.17. The van der Waals surface area contributed by atoms with Gasteiger partial charge < -0.3 is 20.0 Å². The van der Waals surface area contributed by atoms with Crippen LogP contribution in [0.2, 0.25) is 0 Å². The van der Waals surface area contributed by atoms with Crippen LogP contribution in [0.5, 0.6) is 0 Å². The molecule has 1 aromatic rings. The zero-order valence-corrected chi connectivity index (χ0v) is 13.7. The first-order chi connectivity index (χ1) is 11.1. The zero-order chi connectivity index (χ0) is 16.7. The Bertz CT molecular complexity index is 594. The Hall–Kier alpha value is -2.41. The van der Waals surface area contributed by atoms with Crippen molar-refractivity contribution in [1.82, 2.24) is 9.80 Å². The SMILES string of the molecule is CN=C(/C=C/c1ccco1)N=C(N)CC(=N)N1CCN(C)CC1. The van der Waals surface area contributed by atoms with Gasteiger partial charge in [0, 0.05) is 33.2 Å². The zero-order valence-electron chi connectivity index (χ0n) is 13.7. The molecule has 0 saturated carbocycles. The second-order valence-corrected chi connectivity index (χ2v) is 5.45. The number of aliphatic imine (C=N–C) groups is 2. The van der Waals surface area contributed by atoms with E-state index in [1.54, 1.807) is 25.5 Å². The summed E-state index contributed by atoms with van der Waals surface area (Å²) >= 11 is 0. The van der Waals surface area contributed by atoms with Crippen molar-refractivity contribution in [2.75, 3.05) is 40.3 Å². The van der Waals surface area contributed by atoms with Crippen LogP contribution in [0.1, 0.15) is 12.2 Å². The van der Waals surface area contributed by atoms with Crippen LogP contribution in [0.3, 0.4) is 0 Å². The third kappa shape index (κ3) is 5.37. The fourth-order valence-corrected chi connectivity index (χ4v) is 2.25. The number of rotatable bonds is 4. The van der Waals surface area contributed by atoms with Crippen molar-refractivity contribution in [3.63, 3.8) is 0 Å². The van der Waals surface area contributed by atoms with Crippen LogP contribution >= 0.6 is 0 Å². The van der Waals surface area contributed by atoms with Crippen LogP contribution in [0.15, 0.2) is 38.9 Å². The molecule has 1 fully saturated rings. The molecule has 0 atom stereocenters. The summed E-state index contributed by atoms with van der Waals surface area (Å²) in [5.41, 5.74) is 5.97. The maximum Gasteiger partial charge on any atom is 0.149 e. The Kier molecular flexibility index (Phi) is 6.10. The number of nitrogens with two attached hydrogens (primary N) is 1. The number of likely N-dealkylation sites (N-methyl/N-ethyl adjacent to an activating group) is 1. The van der Waals surface area contributed by atoms with Crippen LogP contribution in [0, 0.1) is 5.41 Å². The molecule has 3 N–H and O–H groups in total. The van der Waals surface area contributed by atoms with E-state index in [0.29, 0.717) is 23.9 Å². The molecule has 7 nitrogen and oxygen atoms in total. The lowest BCUT2D eigenvalue weighted by molar-refractivity contribution is 0.213. The first-order valence-electron chi connectivity index (χ1n) is 7.61. The minimum atomic E-state index is 0.331. The first-order valence-corrected chi connectivity index (χ1v) is 7.61. The van der Waals surface area contributed by atoms with Crippen molar-refractivity contribution in [3.05, 3.63) is 30.2 Å². The van der Waals surface area contributed by atoms with E-state index in [9.17, 15) is 0 Å². The number of amidine groups is 3. The highest BCUT2D eigenvalue weighted by atomic mass is 16.3. The predicted molar refractivity (Wildman–Crippen MR) is 94.1 cm³/mol. The van der Waals surface area contributed by atoms with Gasteiger partial charge in [-0.1, -0.05) is 0 Å². The maximum atomic E-state index is 8.17. The molecule has 0 bridgehead atoms. The molecule has 0 amide bonds. The Balaban J connectivity index is 1.91. The second-order valence-electron chi connectivity index (χ2n) is 5.45. The Morgan fingerprint density at radius 3 is 2.74 bits per heavy atom. The molecule has 0 aromatic carbocycles. The van der Waals surface area contributed by atoms with E-state index in [2.05, 4.69) is 21.9 Å². The molecular weight excluding hydrogens is 292 g/mol. The molecule has 1 aliphatic rings. The standard InChI is InChI=1S/C16H24N6O/c1-19-16(6-5-13-4-3-11-23-13)20-14(17)12-15(18)22-9-7-21(2)8-10-22/h3-6,11,18H,7-10,12H2,1-2H3,(H2,17,19,20)/b6-5+,18-15?. The smallest absolute Gasteiger partial charge is 0.149 e. The summed E-state index contributed by atoms with van der Waals surface area (Å²) in [6.07, 6.45) is 5.46. The monoisotopic (exact) mass is 316 g/mol. The van der Waals surface area contributed by atoms with Gasteiger partial charge in [-0.3, -0.25) is 10.4 Å². The first kappa shape index (κ1) is 17.0. The summed E-state index contributed by atoms with van der Waals surface area (Å²) in [7, 11) is 3.75. The second kappa shape index (κ2) is 8.28. The van der Waals surface area contributed by atoms with E-state index in [-0.39, 0.29) is 0 Å². The third-order valence-corrected chi connectivity index (χ3v) is 3.66. The normalized spacial score (nSPS) is 17.9. The minimum absolute atomic E-state index is 0.331. The van der Waals surface area contributed by atoms with E-state index in [0.717, 1.165) is 31.9 Å². The van der Waals surface area contributed by atoms with Crippen LogP contribution in [0.25, 0.3) is 6.08 Å². The summed E-state index contributed by atoms with van der Waals surface area (Å²) in [4.78, 5) is 12.7. The van der Waals surface area contributed by atoms with Crippen molar-refractivity contribution in [2.24, 2.45) is 15.7 Å². The maximum absolute atomic E-state index is 8.17. The number of nitrogens with zero attached hydrogens (tertiary/aromatic N) is 4. The number of nitrogens with one attached hydrogen (secondary N) is 1. The lowest BCUT2D eigenvalue weighted by Gasteiger charge is -2.34. The quantitative estimate of drug-likeness (QED) is 0.646. The molecule has 0 aliphatic carbocycles. The van der Waals surface area contributed by atoms with Crippen molar-refractivity contribution in [1.29, 1.82) is 5.41 Å². The molecular formula is C16H24N6O. The van der Waals surface area contributed by atoms with Crippen LogP contribution in [-0.4, -0.2) is 67.6 Å². The highest BCUT2D eigenvalue weighted by Crippen LogP contribution is 2.04. The molecule has 7 heteroatoms. The van der Waals surface area contributed by atoms with Crippen molar-refractivity contribution >= 4 is 23.6 Å². The van der Waals surface area contributed by atoms with Gasteiger partial charge >= 0.3 is 0 Å². The van der Waals surface area contributed by atoms with E-state index in [1.807, 2.05) is 17.0 Å². The summed E-state index contributed by atoms with van der Waals surface area (Å²) in [6.45, 7) is 3.64. The van der Waals surface area contributed by atoms with Crippen LogP contribution in [0.4, 0.5) is 0 Å². The average molecular weight is 316 g/mol. The van der Waals surface area contributed by atoms with Gasteiger partial charge in [0.2, 0.25) is 0 Å². The molecule has 1 aliphatic heterocycles. The lowest BCUT2D eigenvalue weighted by Crippen LogP contribution is -2.47. The lowest BCUT2D eigenvalue weighted by atomic mass is 10.2. The average Bonchev–Trinajstić information content (AvgIpc) is 3.05. The summed E-state index contributed by atoms with van der Waals surface area (Å²) in [6, 6.07) is 3.66. The fraction of sp³-hybridized carbons (Fsp3) is 0.438.